The molecule has 2 rings (SSSR count). The van der Waals surface area contributed by atoms with Crippen LogP contribution in [-0.2, 0) is 6.18 Å². The molecule has 1 saturated carbocycles. The van der Waals surface area contributed by atoms with Gasteiger partial charge in [0.05, 0.1) is 5.56 Å². The highest BCUT2D eigenvalue weighted by Crippen LogP contribution is 2.31. The first-order valence-corrected chi connectivity index (χ1v) is 7.55. The predicted molar refractivity (Wildman–Crippen MR) is 77.8 cm³/mol. The van der Waals surface area contributed by atoms with Gasteiger partial charge in [0.15, 0.2) is 0 Å². The molecule has 0 amide bonds. The number of hydrogen-bond acceptors (Lipinski definition) is 2. The van der Waals surface area contributed by atoms with Crippen LogP contribution in [-0.4, -0.2) is 24.5 Å². The first-order chi connectivity index (χ1) is 9.90. The Kier molecular flexibility index (Phi) is 5.27. The summed E-state index contributed by atoms with van der Waals surface area (Å²) < 4.78 is 37.6. The van der Waals surface area contributed by atoms with Crippen molar-refractivity contribution in [1.82, 2.24) is 4.90 Å². The van der Waals surface area contributed by atoms with Crippen LogP contribution in [0.4, 0.5) is 13.2 Å². The summed E-state index contributed by atoms with van der Waals surface area (Å²) in [6.07, 6.45) is -0.652. The maximum atomic E-state index is 12.5. The predicted octanol–water partition coefficient (Wildman–Crippen LogP) is 3.83. The minimum absolute atomic E-state index is 0.238. The van der Waals surface area contributed by atoms with Crippen LogP contribution in [0.5, 0.6) is 0 Å². The maximum absolute atomic E-state index is 12.5. The van der Waals surface area contributed by atoms with Gasteiger partial charge in [-0.1, -0.05) is 19.1 Å². The number of nitrogens with two attached hydrogens (primary N) is 1. The smallest absolute Gasteiger partial charge is 0.323 e. The average molecular weight is 300 g/mol. The van der Waals surface area contributed by atoms with Crippen molar-refractivity contribution in [3.63, 3.8) is 0 Å². The molecular weight excluding hydrogens is 277 g/mol. The molecule has 1 aliphatic carbocycles. The molecule has 0 aliphatic heterocycles. The third-order valence-corrected chi connectivity index (χ3v) is 3.87. The maximum Gasteiger partial charge on any atom is 0.416 e. The van der Waals surface area contributed by atoms with Gasteiger partial charge >= 0.3 is 6.18 Å². The van der Waals surface area contributed by atoms with Crippen molar-refractivity contribution in [1.29, 1.82) is 0 Å². The van der Waals surface area contributed by atoms with E-state index in [9.17, 15) is 13.2 Å². The fourth-order valence-electron chi connectivity index (χ4n) is 2.54. The van der Waals surface area contributed by atoms with Crippen molar-refractivity contribution >= 4 is 0 Å². The topological polar surface area (TPSA) is 29.3 Å². The summed E-state index contributed by atoms with van der Waals surface area (Å²) in [6.45, 7) is 4.88. The van der Waals surface area contributed by atoms with Crippen molar-refractivity contribution in [3.05, 3.63) is 35.4 Å². The minimum Gasteiger partial charge on any atom is -0.323 e. The van der Waals surface area contributed by atoms with Crippen LogP contribution >= 0.6 is 0 Å². The van der Waals surface area contributed by atoms with Crippen LogP contribution < -0.4 is 5.73 Å². The van der Waals surface area contributed by atoms with Gasteiger partial charge in [-0.15, -0.1) is 0 Å². The molecule has 2 N–H and O–H groups in total. The van der Waals surface area contributed by atoms with E-state index < -0.39 is 11.7 Å². The fraction of sp³-hybridized carbons (Fsp3) is 0.625. The zero-order valence-electron chi connectivity index (χ0n) is 12.4. The molecule has 0 heterocycles. The molecule has 1 atom stereocenters. The first-order valence-electron chi connectivity index (χ1n) is 7.55. The van der Waals surface area contributed by atoms with E-state index in [2.05, 4.69) is 11.8 Å². The summed E-state index contributed by atoms with van der Waals surface area (Å²) in [5, 5.41) is 0. The Bertz CT molecular complexity index is 438. The van der Waals surface area contributed by atoms with Gasteiger partial charge in [-0.3, -0.25) is 0 Å². The van der Waals surface area contributed by atoms with Crippen LogP contribution in [0.2, 0.25) is 0 Å². The molecule has 1 fully saturated rings. The molecule has 0 spiro atoms. The van der Waals surface area contributed by atoms with Crippen LogP contribution in [0.25, 0.3) is 0 Å². The molecule has 1 aromatic rings. The van der Waals surface area contributed by atoms with Crippen LogP contribution in [0.3, 0.4) is 0 Å². The fourth-order valence-corrected chi connectivity index (χ4v) is 2.54. The number of halogens is 3. The van der Waals surface area contributed by atoms with Gasteiger partial charge in [0, 0.05) is 19.1 Å². The SMILES string of the molecule is CCCN(CC1CC1)CC(N)c1ccc(C(F)(F)F)cc1. The van der Waals surface area contributed by atoms with Gasteiger partial charge in [-0.05, 0) is 49.4 Å². The van der Waals surface area contributed by atoms with Gasteiger partial charge in [0.1, 0.15) is 0 Å². The normalized spacial score (nSPS) is 17.2. The molecule has 0 aromatic heterocycles. The standard InChI is InChI=1S/C16H23F3N2/c1-2-9-21(10-12-3-4-12)11-15(20)13-5-7-14(8-6-13)16(17,18)19/h5-8,12,15H,2-4,9-11,20H2,1H3. The largest absolute Gasteiger partial charge is 0.416 e. The van der Waals surface area contributed by atoms with Gasteiger partial charge in [0.25, 0.3) is 0 Å². The average Bonchev–Trinajstić information content (AvgIpc) is 3.22. The van der Waals surface area contributed by atoms with Gasteiger partial charge < -0.3 is 10.6 Å². The first kappa shape index (κ1) is 16.3. The van der Waals surface area contributed by atoms with E-state index in [-0.39, 0.29) is 6.04 Å². The highest BCUT2D eigenvalue weighted by atomic mass is 19.4. The minimum atomic E-state index is -4.29. The Morgan fingerprint density at radius 3 is 2.33 bits per heavy atom. The van der Waals surface area contributed by atoms with E-state index >= 15 is 0 Å². The van der Waals surface area contributed by atoms with Crippen molar-refractivity contribution in [3.8, 4) is 0 Å². The zero-order valence-corrected chi connectivity index (χ0v) is 12.4. The van der Waals surface area contributed by atoms with E-state index in [0.29, 0.717) is 6.54 Å². The zero-order chi connectivity index (χ0) is 15.5. The van der Waals surface area contributed by atoms with Gasteiger partial charge in [-0.25, -0.2) is 0 Å². The molecule has 1 aliphatic rings. The molecule has 21 heavy (non-hydrogen) atoms. The summed E-state index contributed by atoms with van der Waals surface area (Å²) in [6, 6.07) is 4.97. The van der Waals surface area contributed by atoms with E-state index in [4.69, 9.17) is 5.73 Å². The molecule has 1 aromatic carbocycles. The Labute approximate surface area is 124 Å². The molecule has 5 heteroatoms. The van der Waals surface area contributed by atoms with Crippen LogP contribution in [0.15, 0.2) is 24.3 Å². The summed E-state index contributed by atoms with van der Waals surface area (Å²) in [5.41, 5.74) is 6.30. The van der Waals surface area contributed by atoms with Gasteiger partial charge in [0.2, 0.25) is 0 Å². The molecule has 0 saturated heterocycles. The number of nitrogens with zero attached hydrogens (tertiary/aromatic N) is 1. The number of alkyl halides is 3. The third kappa shape index (κ3) is 5.00. The van der Waals surface area contributed by atoms with E-state index in [1.807, 2.05) is 0 Å². The van der Waals surface area contributed by atoms with Gasteiger partial charge in [-0.2, -0.15) is 13.2 Å². The summed E-state index contributed by atoms with van der Waals surface area (Å²) in [4.78, 5) is 2.33. The Hall–Kier alpha value is -1.07. The molecule has 2 nitrogen and oxygen atoms in total. The van der Waals surface area contributed by atoms with Crippen molar-refractivity contribution in [2.24, 2.45) is 11.7 Å². The summed E-state index contributed by atoms with van der Waals surface area (Å²) in [5.74, 6) is 0.788. The van der Waals surface area contributed by atoms with E-state index in [0.717, 1.165) is 43.1 Å². The quantitative estimate of drug-likeness (QED) is 0.829. The Balaban J connectivity index is 1.95. The molecule has 0 radical (unpaired) electrons. The summed E-state index contributed by atoms with van der Waals surface area (Å²) >= 11 is 0. The highest BCUT2D eigenvalue weighted by molar-refractivity contribution is 5.26. The lowest BCUT2D eigenvalue weighted by Gasteiger charge is -2.25. The highest BCUT2D eigenvalue weighted by Gasteiger charge is 2.30. The monoisotopic (exact) mass is 300 g/mol. The summed E-state index contributed by atoms with van der Waals surface area (Å²) in [7, 11) is 0. The second-order valence-electron chi connectivity index (χ2n) is 5.93. The molecule has 118 valence electrons. The lowest BCUT2D eigenvalue weighted by molar-refractivity contribution is -0.137. The number of benzene rings is 1. The Morgan fingerprint density at radius 2 is 1.86 bits per heavy atom. The molecule has 0 bridgehead atoms. The second-order valence-corrected chi connectivity index (χ2v) is 5.93. The van der Waals surface area contributed by atoms with E-state index in [1.54, 1.807) is 0 Å². The second kappa shape index (κ2) is 6.79. The molecular formula is C16H23F3N2. The molecule has 1 unspecified atom stereocenters. The Morgan fingerprint density at radius 1 is 1.24 bits per heavy atom. The van der Waals surface area contributed by atoms with Crippen molar-refractivity contribution < 1.29 is 13.2 Å². The lowest BCUT2D eigenvalue weighted by atomic mass is 10.0. The number of rotatable bonds is 7. The van der Waals surface area contributed by atoms with Crippen LogP contribution in [0.1, 0.15) is 43.4 Å². The number of hydrogen-bond donors (Lipinski definition) is 1. The lowest BCUT2D eigenvalue weighted by Crippen LogP contribution is -2.34. The van der Waals surface area contributed by atoms with Crippen molar-refractivity contribution in [2.75, 3.05) is 19.6 Å². The third-order valence-electron chi connectivity index (χ3n) is 3.87. The van der Waals surface area contributed by atoms with Crippen molar-refractivity contribution in [2.45, 2.75) is 38.4 Å². The van der Waals surface area contributed by atoms with E-state index in [1.165, 1.54) is 25.0 Å². The van der Waals surface area contributed by atoms with Crippen LogP contribution in [0, 0.1) is 5.92 Å².